The van der Waals surface area contributed by atoms with Crippen LogP contribution in [0.25, 0.3) is 11.0 Å². The van der Waals surface area contributed by atoms with Crippen LogP contribution in [0.15, 0.2) is 42.7 Å². The largest absolute Gasteiger partial charge is 0.348 e. The smallest absolute Gasteiger partial charge is 0.253 e. The lowest BCUT2D eigenvalue weighted by Gasteiger charge is -2.20. The van der Waals surface area contributed by atoms with Gasteiger partial charge in [0.1, 0.15) is 11.5 Å². The number of anilines is 1. The van der Waals surface area contributed by atoms with Crippen molar-refractivity contribution in [3.63, 3.8) is 0 Å². The van der Waals surface area contributed by atoms with Gasteiger partial charge in [0, 0.05) is 24.0 Å². The Morgan fingerprint density at radius 1 is 1.14 bits per heavy atom. The van der Waals surface area contributed by atoms with Crippen molar-refractivity contribution in [1.82, 2.24) is 15.3 Å². The first kappa shape index (κ1) is 19.1. The molecule has 1 aliphatic rings. The normalized spacial score (nSPS) is 14.7. The molecule has 7 heteroatoms. The Labute approximate surface area is 167 Å². The van der Waals surface area contributed by atoms with Gasteiger partial charge in [0.15, 0.2) is 0 Å². The van der Waals surface area contributed by atoms with Gasteiger partial charge in [-0.25, -0.2) is 9.37 Å². The molecule has 0 atom stereocenters. The standard InChI is InChI=1S/C22H23FN4O2/c23-16-8-6-14(7-9-16)11-26-22(29)19-13-25-20-18(19)10-17(12-24-20)27-21(28)15-4-2-1-3-5-15/h6-10,12-13,15H,1-5,11H2,(H,24,25)(H,26,29)(H,27,28). The van der Waals surface area contributed by atoms with E-state index in [0.29, 0.717) is 22.3 Å². The van der Waals surface area contributed by atoms with Gasteiger partial charge < -0.3 is 15.6 Å². The number of nitrogens with one attached hydrogen (secondary N) is 3. The summed E-state index contributed by atoms with van der Waals surface area (Å²) in [5.41, 5.74) is 2.41. The molecule has 3 N–H and O–H groups in total. The van der Waals surface area contributed by atoms with Crippen LogP contribution in [-0.4, -0.2) is 21.8 Å². The second kappa shape index (κ2) is 8.43. The Morgan fingerprint density at radius 2 is 1.90 bits per heavy atom. The van der Waals surface area contributed by atoms with E-state index in [4.69, 9.17) is 0 Å². The lowest BCUT2D eigenvalue weighted by atomic mass is 9.88. The number of carbonyl (C=O) groups is 2. The van der Waals surface area contributed by atoms with E-state index in [2.05, 4.69) is 20.6 Å². The number of H-pyrrole nitrogens is 1. The van der Waals surface area contributed by atoms with Gasteiger partial charge in [-0.2, -0.15) is 0 Å². The minimum Gasteiger partial charge on any atom is -0.348 e. The van der Waals surface area contributed by atoms with Crippen molar-refractivity contribution in [3.8, 4) is 0 Å². The van der Waals surface area contributed by atoms with Crippen LogP contribution in [0.1, 0.15) is 48.0 Å². The van der Waals surface area contributed by atoms with Crippen molar-refractivity contribution >= 4 is 28.5 Å². The van der Waals surface area contributed by atoms with Gasteiger partial charge >= 0.3 is 0 Å². The number of halogens is 1. The lowest BCUT2D eigenvalue weighted by Crippen LogP contribution is -2.24. The zero-order chi connectivity index (χ0) is 20.2. The molecule has 1 saturated carbocycles. The molecule has 4 rings (SSSR count). The molecule has 0 unspecified atom stereocenters. The van der Waals surface area contributed by atoms with Gasteiger partial charge in [-0.3, -0.25) is 9.59 Å². The topological polar surface area (TPSA) is 86.9 Å². The van der Waals surface area contributed by atoms with E-state index in [0.717, 1.165) is 31.2 Å². The summed E-state index contributed by atoms with van der Waals surface area (Å²) < 4.78 is 13.0. The van der Waals surface area contributed by atoms with Crippen LogP contribution in [-0.2, 0) is 11.3 Å². The highest BCUT2D eigenvalue weighted by Gasteiger charge is 2.21. The minimum atomic E-state index is -0.314. The third-order valence-corrected chi connectivity index (χ3v) is 5.39. The fourth-order valence-corrected chi connectivity index (χ4v) is 3.75. The van der Waals surface area contributed by atoms with Crippen molar-refractivity contribution in [2.24, 2.45) is 5.92 Å². The molecular formula is C22H23FN4O2. The first-order chi connectivity index (χ1) is 14.1. The Kier molecular flexibility index (Phi) is 5.55. The summed E-state index contributed by atoms with van der Waals surface area (Å²) in [6, 6.07) is 7.75. The molecule has 150 valence electrons. The average Bonchev–Trinajstić information content (AvgIpc) is 3.17. The van der Waals surface area contributed by atoms with Gasteiger partial charge in [0.05, 0.1) is 17.4 Å². The quantitative estimate of drug-likeness (QED) is 0.608. The summed E-state index contributed by atoms with van der Waals surface area (Å²) >= 11 is 0. The average molecular weight is 394 g/mol. The highest BCUT2D eigenvalue weighted by atomic mass is 19.1. The third-order valence-electron chi connectivity index (χ3n) is 5.39. The zero-order valence-electron chi connectivity index (χ0n) is 16.0. The molecule has 0 spiro atoms. The summed E-state index contributed by atoms with van der Waals surface area (Å²) in [4.78, 5) is 32.4. The summed E-state index contributed by atoms with van der Waals surface area (Å²) in [6.45, 7) is 0.289. The Balaban J connectivity index is 1.46. The van der Waals surface area contributed by atoms with Crippen LogP contribution in [0, 0.1) is 11.7 Å². The van der Waals surface area contributed by atoms with E-state index in [1.54, 1.807) is 30.6 Å². The summed E-state index contributed by atoms with van der Waals surface area (Å²) in [5.74, 6) is -0.517. The maximum absolute atomic E-state index is 13.0. The van der Waals surface area contributed by atoms with Crippen molar-refractivity contribution in [2.45, 2.75) is 38.6 Å². The van der Waals surface area contributed by atoms with E-state index in [-0.39, 0.29) is 30.1 Å². The second-order valence-electron chi connectivity index (χ2n) is 7.46. The molecule has 0 bridgehead atoms. The molecule has 2 aromatic heterocycles. The number of hydrogen-bond donors (Lipinski definition) is 3. The number of amides is 2. The predicted molar refractivity (Wildman–Crippen MR) is 109 cm³/mol. The molecule has 1 aliphatic carbocycles. The molecule has 2 amide bonds. The van der Waals surface area contributed by atoms with E-state index in [9.17, 15) is 14.0 Å². The van der Waals surface area contributed by atoms with E-state index in [1.807, 2.05) is 0 Å². The number of pyridine rings is 1. The minimum absolute atomic E-state index is 0.0173. The molecular weight excluding hydrogens is 371 g/mol. The Morgan fingerprint density at radius 3 is 2.66 bits per heavy atom. The Bertz CT molecular complexity index is 1020. The molecule has 29 heavy (non-hydrogen) atoms. The van der Waals surface area contributed by atoms with Crippen LogP contribution in [0.4, 0.5) is 10.1 Å². The lowest BCUT2D eigenvalue weighted by molar-refractivity contribution is -0.120. The second-order valence-corrected chi connectivity index (χ2v) is 7.46. The van der Waals surface area contributed by atoms with Gasteiger partial charge in [0.25, 0.3) is 5.91 Å². The maximum Gasteiger partial charge on any atom is 0.253 e. The first-order valence-corrected chi connectivity index (χ1v) is 9.91. The number of nitrogens with zero attached hydrogens (tertiary/aromatic N) is 1. The molecule has 1 fully saturated rings. The van der Waals surface area contributed by atoms with Crippen molar-refractivity contribution in [2.75, 3.05) is 5.32 Å². The van der Waals surface area contributed by atoms with E-state index in [1.165, 1.54) is 18.6 Å². The van der Waals surface area contributed by atoms with Crippen LogP contribution in [0.3, 0.4) is 0 Å². The number of fused-ring (bicyclic) bond motifs is 1. The van der Waals surface area contributed by atoms with Crippen LogP contribution in [0.5, 0.6) is 0 Å². The SMILES string of the molecule is O=C(NCc1ccc(F)cc1)c1c[nH]c2ncc(NC(=O)C3CCCCC3)cc12. The van der Waals surface area contributed by atoms with E-state index < -0.39 is 0 Å². The molecule has 0 saturated heterocycles. The number of benzene rings is 1. The van der Waals surface area contributed by atoms with Crippen LogP contribution in [0.2, 0.25) is 0 Å². The Hall–Kier alpha value is -3.22. The summed E-state index contributed by atoms with van der Waals surface area (Å²) in [6.07, 6.45) is 8.41. The number of hydrogen-bond acceptors (Lipinski definition) is 3. The highest BCUT2D eigenvalue weighted by molar-refractivity contribution is 6.07. The number of rotatable bonds is 5. The molecule has 0 radical (unpaired) electrons. The van der Waals surface area contributed by atoms with Crippen molar-refractivity contribution in [1.29, 1.82) is 0 Å². The van der Waals surface area contributed by atoms with Gasteiger partial charge in [-0.15, -0.1) is 0 Å². The predicted octanol–water partition coefficient (Wildman–Crippen LogP) is 4.15. The van der Waals surface area contributed by atoms with Gasteiger partial charge in [-0.05, 0) is 36.6 Å². The van der Waals surface area contributed by atoms with E-state index >= 15 is 0 Å². The van der Waals surface area contributed by atoms with Crippen LogP contribution < -0.4 is 10.6 Å². The highest BCUT2D eigenvalue weighted by Crippen LogP contribution is 2.26. The summed E-state index contributed by atoms with van der Waals surface area (Å²) in [5, 5.41) is 6.41. The fourth-order valence-electron chi connectivity index (χ4n) is 3.75. The molecule has 6 nitrogen and oxygen atoms in total. The van der Waals surface area contributed by atoms with Crippen molar-refractivity contribution < 1.29 is 14.0 Å². The number of aromatic amines is 1. The number of aromatic nitrogens is 2. The van der Waals surface area contributed by atoms with Crippen molar-refractivity contribution in [3.05, 3.63) is 59.7 Å². The molecule has 1 aromatic carbocycles. The van der Waals surface area contributed by atoms with Crippen LogP contribution >= 0.6 is 0 Å². The fraction of sp³-hybridized carbons (Fsp3) is 0.318. The third kappa shape index (κ3) is 4.45. The first-order valence-electron chi connectivity index (χ1n) is 9.91. The van der Waals surface area contributed by atoms with Gasteiger partial charge in [0.2, 0.25) is 5.91 Å². The molecule has 2 heterocycles. The molecule has 0 aliphatic heterocycles. The zero-order valence-corrected chi connectivity index (χ0v) is 16.0. The van der Waals surface area contributed by atoms with Gasteiger partial charge in [-0.1, -0.05) is 31.4 Å². The molecule has 3 aromatic rings. The number of carbonyl (C=O) groups excluding carboxylic acids is 2. The monoisotopic (exact) mass is 394 g/mol. The summed E-state index contributed by atoms with van der Waals surface area (Å²) in [7, 11) is 0. The maximum atomic E-state index is 13.0.